The van der Waals surface area contributed by atoms with E-state index in [1.165, 1.54) is 4.90 Å². The number of rotatable bonds is 5. The summed E-state index contributed by atoms with van der Waals surface area (Å²) in [7, 11) is 4.31. The Labute approximate surface area is 80.1 Å². The Kier molecular flexibility index (Phi) is 4.33. The molecule has 1 rings (SSSR count). The van der Waals surface area contributed by atoms with Crippen molar-refractivity contribution in [3.63, 3.8) is 0 Å². The van der Waals surface area contributed by atoms with Crippen LogP contribution >= 0.6 is 0 Å². The lowest BCUT2D eigenvalue weighted by Gasteiger charge is -2.08. The van der Waals surface area contributed by atoms with Crippen LogP contribution in [-0.2, 0) is 0 Å². The molecule has 0 fully saturated rings. The molecule has 13 heavy (non-hydrogen) atoms. The zero-order chi connectivity index (χ0) is 9.52. The molecule has 0 atom stereocenters. The SMILES string of the molecule is C[NH+](C)CCCOc1ccccc1. The van der Waals surface area contributed by atoms with Gasteiger partial charge < -0.3 is 9.64 Å². The Morgan fingerprint density at radius 2 is 1.85 bits per heavy atom. The van der Waals surface area contributed by atoms with Crippen molar-refractivity contribution < 1.29 is 9.64 Å². The largest absolute Gasteiger partial charge is 0.493 e. The molecule has 0 heterocycles. The molecule has 0 unspecified atom stereocenters. The minimum atomic E-state index is 0.815. The number of para-hydroxylation sites is 1. The molecule has 72 valence electrons. The smallest absolute Gasteiger partial charge is 0.119 e. The van der Waals surface area contributed by atoms with Crippen LogP contribution in [0.25, 0.3) is 0 Å². The van der Waals surface area contributed by atoms with Gasteiger partial charge in [-0.25, -0.2) is 0 Å². The van der Waals surface area contributed by atoms with Gasteiger partial charge in [-0.3, -0.25) is 0 Å². The van der Waals surface area contributed by atoms with Gasteiger partial charge >= 0.3 is 0 Å². The van der Waals surface area contributed by atoms with Crippen molar-refractivity contribution in [2.75, 3.05) is 27.2 Å². The Bertz CT molecular complexity index is 221. The molecule has 0 bridgehead atoms. The predicted molar refractivity (Wildman–Crippen MR) is 54.2 cm³/mol. The molecule has 1 aromatic rings. The van der Waals surface area contributed by atoms with Crippen molar-refractivity contribution in [2.24, 2.45) is 0 Å². The molecule has 0 amide bonds. The van der Waals surface area contributed by atoms with Gasteiger partial charge in [-0.15, -0.1) is 0 Å². The van der Waals surface area contributed by atoms with Crippen molar-refractivity contribution in [2.45, 2.75) is 6.42 Å². The van der Waals surface area contributed by atoms with Gasteiger partial charge in [0.15, 0.2) is 0 Å². The first-order valence-electron chi connectivity index (χ1n) is 4.76. The van der Waals surface area contributed by atoms with Crippen LogP contribution in [0.4, 0.5) is 0 Å². The summed E-state index contributed by atoms with van der Waals surface area (Å²) in [4.78, 5) is 1.47. The maximum absolute atomic E-state index is 5.54. The van der Waals surface area contributed by atoms with Crippen molar-refractivity contribution in [1.82, 2.24) is 0 Å². The van der Waals surface area contributed by atoms with E-state index in [-0.39, 0.29) is 0 Å². The van der Waals surface area contributed by atoms with E-state index in [1.54, 1.807) is 0 Å². The second-order valence-electron chi connectivity index (χ2n) is 3.47. The molecule has 1 N–H and O–H groups in total. The van der Waals surface area contributed by atoms with Crippen LogP contribution in [0.15, 0.2) is 30.3 Å². The second-order valence-corrected chi connectivity index (χ2v) is 3.47. The third-order valence-electron chi connectivity index (χ3n) is 1.83. The first-order valence-corrected chi connectivity index (χ1v) is 4.76. The number of hydrogen-bond donors (Lipinski definition) is 1. The number of quaternary nitrogens is 1. The van der Waals surface area contributed by atoms with E-state index in [0.717, 1.165) is 25.3 Å². The summed E-state index contributed by atoms with van der Waals surface area (Å²) in [6, 6.07) is 9.96. The maximum Gasteiger partial charge on any atom is 0.119 e. The van der Waals surface area contributed by atoms with Gasteiger partial charge in [0.05, 0.1) is 27.2 Å². The van der Waals surface area contributed by atoms with Crippen LogP contribution in [-0.4, -0.2) is 27.2 Å². The molecule has 0 saturated heterocycles. The Hall–Kier alpha value is -1.02. The zero-order valence-corrected chi connectivity index (χ0v) is 8.42. The summed E-state index contributed by atoms with van der Waals surface area (Å²) in [6.45, 7) is 1.97. The summed E-state index contributed by atoms with van der Waals surface area (Å²) in [5.41, 5.74) is 0. The Morgan fingerprint density at radius 1 is 1.15 bits per heavy atom. The number of ether oxygens (including phenoxy) is 1. The van der Waals surface area contributed by atoms with Crippen molar-refractivity contribution in [3.8, 4) is 5.75 Å². The van der Waals surface area contributed by atoms with Crippen LogP contribution in [0, 0.1) is 0 Å². The number of hydrogen-bond acceptors (Lipinski definition) is 1. The van der Waals surface area contributed by atoms with Crippen LogP contribution in [0.1, 0.15) is 6.42 Å². The minimum Gasteiger partial charge on any atom is -0.493 e. The van der Waals surface area contributed by atoms with E-state index < -0.39 is 0 Å². The van der Waals surface area contributed by atoms with Gasteiger partial charge in [0.1, 0.15) is 5.75 Å². The normalized spacial score (nSPS) is 10.4. The highest BCUT2D eigenvalue weighted by Gasteiger charge is 1.94. The standard InChI is InChI=1S/C11H17NO/c1-12(2)9-6-10-13-11-7-4-3-5-8-11/h3-5,7-8H,6,9-10H2,1-2H3/p+1. The molecule has 1 aromatic carbocycles. The van der Waals surface area contributed by atoms with E-state index in [9.17, 15) is 0 Å². The van der Waals surface area contributed by atoms with E-state index in [1.807, 2.05) is 30.3 Å². The van der Waals surface area contributed by atoms with Gasteiger partial charge in [-0.05, 0) is 12.1 Å². The summed E-state index contributed by atoms with van der Waals surface area (Å²) in [6.07, 6.45) is 1.11. The van der Waals surface area contributed by atoms with Crippen molar-refractivity contribution >= 4 is 0 Å². The van der Waals surface area contributed by atoms with Gasteiger partial charge in [-0.1, -0.05) is 18.2 Å². The van der Waals surface area contributed by atoms with Crippen molar-refractivity contribution in [3.05, 3.63) is 30.3 Å². The zero-order valence-electron chi connectivity index (χ0n) is 8.42. The Balaban J connectivity index is 2.13. The summed E-state index contributed by atoms with van der Waals surface area (Å²) >= 11 is 0. The third kappa shape index (κ3) is 4.53. The molecule has 0 aromatic heterocycles. The summed E-state index contributed by atoms with van der Waals surface area (Å²) in [5.74, 6) is 0.969. The highest BCUT2D eigenvalue weighted by Crippen LogP contribution is 2.07. The monoisotopic (exact) mass is 180 g/mol. The van der Waals surface area contributed by atoms with Gasteiger partial charge in [-0.2, -0.15) is 0 Å². The number of nitrogens with one attached hydrogen (secondary N) is 1. The molecular weight excluding hydrogens is 162 g/mol. The van der Waals surface area contributed by atoms with E-state index in [2.05, 4.69) is 14.1 Å². The number of benzene rings is 1. The van der Waals surface area contributed by atoms with Crippen LogP contribution < -0.4 is 9.64 Å². The third-order valence-corrected chi connectivity index (χ3v) is 1.83. The first-order chi connectivity index (χ1) is 6.29. The molecular formula is C11H18NO+. The fourth-order valence-corrected chi connectivity index (χ4v) is 1.13. The molecule has 0 aliphatic carbocycles. The Morgan fingerprint density at radius 3 is 2.46 bits per heavy atom. The topological polar surface area (TPSA) is 13.7 Å². The molecule has 0 radical (unpaired) electrons. The van der Waals surface area contributed by atoms with Crippen LogP contribution in [0.3, 0.4) is 0 Å². The lowest BCUT2D eigenvalue weighted by Crippen LogP contribution is -3.05. The van der Waals surface area contributed by atoms with E-state index in [4.69, 9.17) is 4.74 Å². The van der Waals surface area contributed by atoms with E-state index >= 15 is 0 Å². The van der Waals surface area contributed by atoms with Gasteiger partial charge in [0, 0.05) is 6.42 Å². The van der Waals surface area contributed by atoms with Gasteiger partial charge in [0.25, 0.3) is 0 Å². The highest BCUT2D eigenvalue weighted by atomic mass is 16.5. The predicted octanol–water partition coefficient (Wildman–Crippen LogP) is 0.600. The lowest BCUT2D eigenvalue weighted by molar-refractivity contribution is -0.858. The summed E-state index contributed by atoms with van der Waals surface area (Å²) in [5, 5.41) is 0. The quantitative estimate of drug-likeness (QED) is 0.655. The second kappa shape index (κ2) is 5.60. The maximum atomic E-state index is 5.54. The average Bonchev–Trinajstić information content (AvgIpc) is 2.14. The molecule has 0 aliphatic heterocycles. The van der Waals surface area contributed by atoms with E-state index in [0.29, 0.717) is 0 Å². The lowest BCUT2D eigenvalue weighted by atomic mass is 10.3. The first kappa shape index (κ1) is 10.1. The molecule has 0 saturated carbocycles. The molecule has 0 aliphatic rings. The van der Waals surface area contributed by atoms with Crippen LogP contribution in [0.5, 0.6) is 5.75 Å². The molecule has 2 heteroatoms. The average molecular weight is 180 g/mol. The van der Waals surface area contributed by atoms with Crippen LogP contribution in [0.2, 0.25) is 0 Å². The fourth-order valence-electron chi connectivity index (χ4n) is 1.13. The minimum absolute atomic E-state index is 0.815. The summed E-state index contributed by atoms with van der Waals surface area (Å²) < 4.78 is 5.54. The molecule has 0 spiro atoms. The molecule has 2 nitrogen and oxygen atoms in total. The van der Waals surface area contributed by atoms with Gasteiger partial charge in [0.2, 0.25) is 0 Å². The van der Waals surface area contributed by atoms with Crippen molar-refractivity contribution in [1.29, 1.82) is 0 Å². The highest BCUT2D eigenvalue weighted by molar-refractivity contribution is 5.20. The fraction of sp³-hybridized carbons (Fsp3) is 0.455.